The van der Waals surface area contributed by atoms with E-state index in [2.05, 4.69) is 35.0 Å². The van der Waals surface area contributed by atoms with Crippen LogP contribution < -0.4 is 0 Å². The maximum atomic E-state index is 5.69. The average molecular weight is 270 g/mol. The lowest BCUT2D eigenvalue weighted by Gasteiger charge is -2.39. The van der Waals surface area contributed by atoms with Crippen LogP contribution in [0.1, 0.15) is 42.4 Å². The molecule has 0 saturated carbocycles. The normalized spacial score (nSPS) is 17.9. The van der Waals surface area contributed by atoms with Crippen LogP contribution >= 0.6 is 0 Å². The van der Waals surface area contributed by atoms with Crippen LogP contribution in [-0.4, -0.2) is 29.5 Å². The molecule has 0 aliphatic carbocycles. The third kappa shape index (κ3) is 2.93. The van der Waals surface area contributed by atoms with Crippen LogP contribution in [0.15, 0.2) is 40.9 Å². The standard InChI is InChI=1S/C17H22N2O/c1-13(17-7-6-14(2)20-17)8-10-19-11-15(12-19)16-5-3-4-9-18-16/h3-7,9,13,15H,8,10-12H2,1-2H3/t13-/m0/s1. The molecule has 3 heteroatoms. The van der Waals surface area contributed by atoms with Crippen LogP contribution in [0.4, 0.5) is 0 Å². The van der Waals surface area contributed by atoms with Gasteiger partial charge in [0.15, 0.2) is 0 Å². The fourth-order valence-corrected chi connectivity index (χ4v) is 2.79. The number of aryl methyl sites for hydroxylation is 1. The van der Waals surface area contributed by atoms with Gasteiger partial charge in [-0.25, -0.2) is 0 Å². The van der Waals surface area contributed by atoms with Gasteiger partial charge in [-0.3, -0.25) is 4.98 Å². The van der Waals surface area contributed by atoms with Crippen molar-refractivity contribution in [2.24, 2.45) is 0 Å². The van der Waals surface area contributed by atoms with E-state index >= 15 is 0 Å². The van der Waals surface area contributed by atoms with Gasteiger partial charge in [-0.2, -0.15) is 0 Å². The molecule has 0 unspecified atom stereocenters. The first-order chi connectivity index (χ1) is 9.72. The van der Waals surface area contributed by atoms with Crippen molar-refractivity contribution < 1.29 is 4.42 Å². The van der Waals surface area contributed by atoms with E-state index < -0.39 is 0 Å². The monoisotopic (exact) mass is 270 g/mol. The number of rotatable bonds is 5. The molecule has 0 spiro atoms. The van der Waals surface area contributed by atoms with Crippen molar-refractivity contribution in [2.45, 2.75) is 32.1 Å². The first-order valence-corrected chi connectivity index (χ1v) is 7.42. The van der Waals surface area contributed by atoms with Crippen molar-refractivity contribution in [3.63, 3.8) is 0 Å². The summed E-state index contributed by atoms with van der Waals surface area (Å²) in [6.07, 6.45) is 3.04. The van der Waals surface area contributed by atoms with Crippen molar-refractivity contribution in [1.82, 2.24) is 9.88 Å². The average Bonchev–Trinajstić information content (AvgIpc) is 2.85. The lowest BCUT2D eigenvalue weighted by atomic mass is 9.94. The van der Waals surface area contributed by atoms with Crippen LogP contribution in [0, 0.1) is 6.92 Å². The molecular weight excluding hydrogens is 248 g/mol. The predicted octanol–water partition coefficient (Wildman–Crippen LogP) is 3.58. The molecule has 0 amide bonds. The second-order valence-corrected chi connectivity index (χ2v) is 5.85. The summed E-state index contributed by atoms with van der Waals surface area (Å²) in [5.74, 6) is 3.24. The summed E-state index contributed by atoms with van der Waals surface area (Å²) < 4.78 is 5.69. The molecule has 0 N–H and O–H groups in total. The van der Waals surface area contributed by atoms with Crippen LogP contribution in [0.25, 0.3) is 0 Å². The minimum Gasteiger partial charge on any atom is -0.466 e. The van der Waals surface area contributed by atoms with Gasteiger partial charge in [-0.1, -0.05) is 13.0 Å². The Kier molecular flexibility index (Phi) is 3.88. The van der Waals surface area contributed by atoms with Gasteiger partial charge in [-0.05, 0) is 44.2 Å². The molecule has 0 bridgehead atoms. The Hall–Kier alpha value is -1.61. The van der Waals surface area contributed by atoms with Gasteiger partial charge >= 0.3 is 0 Å². The molecular formula is C17H22N2O. The van der Waals surface area contributed by atoms with E-state index in [-0.39, 0.29) is 0 Å². The Morgan fingerprint density at radius 3 is 2.80 bits per heavy atom. The number of furan rings is 1. The topological polar surface area (TPSA) is 29.3 Å². The third-order valence-corrected chi connectivity index (χ3v) is 4.19. The van der Waals surface area contributed by atoms with Crippen LogP contribution in [0.2, 0.25) is 0 Å². The number of pyridine rings is 1. The Morgan fingerprint density at radius 2 is 2.15 bits per heavy atom. The lowest BCUT2D eigenvalue weighted by Crippen LogP contribution is -2.45. The number of nitrogens with zero attached hydrogens (tertiary/aromatic N) is 2. The number of hydrogen-bond acceptors (Lipinski definition) is 3. The third-order valence-electron chi connectivity index (χ3n) is 4.19. The highest BCUT2D eigenvalue weighted by Crippen LogP contribution is 2.27. The maximum Gasteiger partial charge on any atom is 0.107 e. The van der Waals surface area contributed by atoms with Gasteiger partial charge in [0.1, 0.15) is 11.5 Å². The first kappa shape index (κ1) is 13.4. The SMILES string of the molecule is Cc1ccc([C@@H](C)CCN2CC(c3ccccn3)C2)o1. The van der Waals surface area contributed by atoms with E-state index in [1.54, 1.807) is 0 Å². The summed E-state index contributed by atoms with van der Waals surface area (Å²) >= 11 is 0. The van der Waals surface area contributed by atoms with Gasteiger partial charge < -0.3 is 9.32 Å². The van der Waals surface area contributed by atoms with Crippen molar-refractivity contribution >= 4 is 0 Å². The minimum atomic E-state index is 0.498. The molecule has 0 aromatic carbocycles. The molecule has 0 radical (unpaired) electrons. The highest BCUT2D eigenvalue weighted by molar-refractivity contribution is 5.14. The molecule has 3 rings (SSSR count). The smallest absolute Gasteiger partial charge is 0.107 e. The van der Waals surface area contributed by atoms with Gasteiger partial charge in [0.25, 0.3) is 0 Å². The quantitative estimate of drug-likeness (QED) is 0.831. The van der Waals surface area contributed by atoms with Crippen LogP contribution in [0.3, 0.4) is 0 Å². The van der Waals surface area contributed by atoms with Crippen molar-refractivity contribution in [1.29, 1.82) is 0 Å². The second kappa shape index (κ2) is 5.80. The van der Waals surface area contributed by atoms with Crippen molar-refractivity contribution in [2.75, 3.05) is 19.6 Å². The first-order valence-electron chi connectivity index (χ1n) is 7.42. The van der Waals surface area contributed by atoms with E-state index in [4.69, 9.17) is 4.42 Å². The zero-order valence-corrected chi connectivity index (χ0v) is 12.2. The zero-order valence-electron chi connectivity index (χ0n) is 12.2. The summed E-state index contributed by atoms with van der Waals surface area (Å²) in [6.45, 7) is 7.67. The molecule has 1 aliphatic heterocycles. The molecule has 2 aromatic heterocycles. The number of aromatic nitrogens is 1. The highest BCUT2D eigenvalue weighted by Gasteiger charge is 2.28. The largest absolute Gasteiger partial charge is 0.466 e. The summed E-state index contributed by atoms with van der Waals surface area (Å²) in [7, 11) is 0. The number of likely N-dealkylation sites (tertiary alicyclic amines) is 1. The fourth-order valence-electron chi connectivity index (χ4n) is 2.79. The highest BCUT2D eigenvalue weighted by atomic mass is 16.3. The van der Waals surface area contributed by atoms with E-state index in [9.17, 15) is 0 Å². The molecule has 20 heavy (non-hydrogen) atoms. The van der Waals surface area contributed by atoms with Gasteiger partial charge in [0, 0.05) is 36.8 Å². The molecule has 2 aromatic rings. The Bertz CT molecular complexity index is 543. The molecule has 1 atom stereocenters. The summed E-state index contributed by atoms with van der Waals surface area (Å²) in [6, 6.07) is 10.3. The van der Waals surface area contributed by atoms with Crippen LogP contribution in [-0.2, 0) is 0 Å². The molecule has 3 heterocycles. The molecule has 1 saturated heterocycles. The maximum absolute atomic E-state index is 5.69. The van der Waals surface area contributed by atoms with Crippen molar-refractivity contribution in [3.05, 3.63) is 53.7 Å². The minimum absolute atomic E-state index is 0.498. The summed E-state index contributed by atoms with van der Waals surface area (Å²) in [5, 5.41) is 0. The van der Waals surface area contributed by atoms with E-state index in [1.807, 2.05) is 25.3 Å². The molecule has 3 nitrogen and oxygen atoms in total. The zero-order chi connectivity index (χ0) is 13.9. The van der Waals surface area contributed by atoms with Gasteiger partial charge in [0.2, 0.25) is 0 Å². The van der Waals surface area contributed by atoms with E-state index in [1.165, 1.54) is 5.69 Å². The van der Waals surface area contributed by atoms with Crippen LogP contribution in [0.5, 0.6) is 0 Å². The summed E-state index contributed by atoms with van der Waals surface area (Å²) in [5.41, 5.74) is 1.23. The molecule has 1 fully saturated rings. The lowest BCUT2D eigenvalue weighted by molar-refractivity contribution is 0.140. The van der Waals surface area contributed by atoms with Crippen molar-refractivity contribution in [3.8, 4) is 0 Å². The predicted molar refractivity (Wildman–Crippen MR) is 79.9 cm³/mol. The molecule has 106 valence electrons. The summed E-state index contributed by atoms with van der Waals surface area (Å²) in [4.78, 5) is 6.94. The Balaban J connectivity index is 1.43. The van der Waals surface area contributed by atoms with E-state index in [0.29, 0.717) is 11.8 Å². The Labute approximate surface area is 120 Å². The Morgan fingerprint density at radius 1 is 1.30 bits per heavy atom. The van der Waals surface area contributed by atoms with E-state index in [0.717, 1.165) is 37.6 Å². The molecule has 1 aliphatic rings. The fraction of sp³-hybridized carbons (Fsp3) is 0.471. The van der Waals surface area contributed by atoms with Gasteiger partial charge in [0.05, 0.1) is 0 Å². The number of hydrogen-bond donors (Lipinski definition) is 0. The van der Waals surface area contributed by atoms with Gasteiger partial charge in [-0.15, -0.1) is 0 Å². The second-order valence-electron chi connectivity index (χ2n) is 5.85.